The van der Waals surface area contributed by atoms with Gasteiger partial charge in [-0.3, -0.25) is 0 Å². The molecule has 3 rings (SSSR count). The minimum absolute atomic E-state index is 0.293. The second-order valence-corrected chi connectivity index (χ2v) is 6.94. The van der Waals surface area contributed by atoms with Crippen LogP contribution in [-0.2, 0) is 13.0 Å². The number of rotatable bonds is 6. The lowest BCUT2D eigenvalue weighted by Gasteiger charge is -2.23. The normalized spacial score (nSPS) is 12.7. The van der Waals surface area contributed by atoms with Gasteiger partial charge in [-0.05, 0) is 36.5 Å². The molecule has 0 aliphatic carbocycles. The summed E-state index contributed by atoms with van der Waals surface area (Å²) in [5.74, 6) is 1.35. The van der Waals surface area contributed by atoms with Crippen LogP contribution in [0.2, 0.25) is 0 Å². The van der Waals surface area contributed by atoms with E-state index in [-0.39, 0.29) is 0 Å². The Bertz CT molecular complexity index is 838. The largest absolute Gasteiger partial charge is 0.303 e. The lowest BCUT2D eigenvalue weighted by Crippen LogP contribution is -2.26. The van der Waals surface area contributed by atoms with E-state index in [2.05, 4.69) is 74.4 Å². The maximum Gasteiger partial charge on any atom is 0.143 e. The van der Waals surface area contributed by atoms with Crippen LogP contribution in [0.3, 0.4) is 0 Å². The first-order chi connectivity index (χ1) is 12.1. The Morgan fingerprint density at radius 3 is 2.36 bits per heavy atom. The molecule has 0 amide bonds. The van der Waals surface area contributed by atoms with Crippen molar-refractivity contribution in [3.8, 4) is 0 Å². The fourth-order valence-electron chi connectivity index (χ4n) is 3.27. The quantitative estimate of drug-likeness (QED) is 0.691. The van der Waals surface area contributed by atoms with Crippen molar-refractivity contribution >= 4 is 10.9 Å². The number of para-hydroxylation sites is 1. The summed E-state index contributed by atoms with van der Waals surface area (Å²) in [6.07, 6.45) is 1.07. The minimum atomic E-state index is 0.293. The van der Waals surface area contributed by atoms with Gasteiger partial charge in [-0.1, -0.05) is 63.2 Å². The molecule has 3 heteroatoms. The third-order valence-corrected chi connectivity index (χ3v) is 4.73. The highest BCUT2D eigenvalue weighted by Crippen LogP contribution is 2.23. The van der Waals surface area contributed by atoms with Crippen LogP contribution >= 0.6 is 0 Å². The molecular formula is C22H27N3. The van der Waals surface area contributed by atoms with Crippen LogP contribution < -0.4 is 5.32 Å². The number of aromatic nitrogens is 2. The predicted octanol–water partition coefficient (Wildman–Crippen LogP) is 4.99. The molecule has 1 N–H and O–H groups in total. The van der Waals surface area contributed by atoms with Crippen LogP contribution in [0.4, 0.5) is 0 Å². The molecule has 0 aliphatic heterocycles. The number of nitrogens with one attached hydrogen (secondary N) is 1. The van der Waals surface area contributed by atoms with Crippen molar-refractivity contribution < 1.29 is 0 Å². The summed E-state index contributed by atoms with van der Waals surface area (Å²) in [6.45, 7) is 9.41. The van der Waals surface area contributed by atoms with Crippen molar-refractivity contribution in [2.24, 2.45) is 5.92 Å². The van der Waals surface area contributed by atoms with Gasteiger partial charge in [-0.15, -0.1) is 0 Å². The topological polar surface area (TPSA) is 37.8 Å². The molecular weight excluding hydrogens is 306 g/mol. The van der Waals surface area contributed by atoms with Gasteiger partial charge in [0, 0.05) is 17.1 Å². The third-order valence-electron chi connectivity index (χ3n) is 4.73. The van der Waals surface area contributed by atoms with Crippen molar-refractivity contribution in [2.45, 2.75) is 46.7 Å². The second kappa shape index (κ2) is 7.75. The van der Waals surface area contributed by atoms with Gasteiger partial charge in [0.2, 0.25) is 0 Å². The molecule has 0 saturated carbocycles. The van der Waals surface area contributed by atoms with Gasteiger partial charge in [-0.2, -0.15) is 0 Å². The molecule has 0 saturated heterocycles. The molecule has 3 nitrogen and oxygen atoms in total. The summed E-state index contributed by atoms with van der Waals surface area (Å²) >= 11 is 0. The van der Waals surface area contributed by atoms with E-state index in [1.807, 2.05) is 12.1 Å². The summed E-state index contributed by atoms with van der Waals surface area (Å²) in [5.41, 5.74) is 4.75. The van der Waals surface area contributed by atoms with Crippen molar-refractivity contribution in [1.82, 2.24) is 15.3 Å². The average Bonchev–Trinajstić information content (AvgIpc) is 2.62. The number of fused-ring (bicyclic) bond motifs is 1. The van der Waals surface area contributed by atoms with Crippen LogP contribution in [0.25, 0.3) is 10.9 Å². The second-order valence-electron chi connectivity index (χ2n) is 6.94. The van der Waals surface area contributed by atoms with E-state index in [0.29, 0.717) is 18.5 Å². The molecule has 0 fully saturated rings. The summed E-state index contributed by atoms with van der Waals surface area (Å²) in [6, 6.07) is 17.4. The predicted molar refractivity (Wildman–Crippen MR) is 105 cm³/mol. The maximum absolute atomic E-state index is 4.71. The number of aryl methyl sites for hydroxylation is 2. The Balaban J connectivity index is 1.79. The zero-order chi connectivity index (χ0) is 17.8. The number of nitrogens with zero attached hydrogens (tertiary/aromatic N) is 2. The van der Waals surface area contributed by atoms with Crippen molar-refractivity contribution in [3.63, 3.8) is 0 Å². The standard InChI is InChI=1S/C22H27N3/c1-5-17-10-12-18(13-11-17)22(15(2)3)23-14-21-24-16(4)19-8-6-7-9-20(19)25-21/h6-13,15,22-23H,5,14H2,1-4H3. The Labute approximate surface area is 150 Å². The SMILES string of the molecule is CCc1ccc(C(NCc2nc(C)c3ccccc3n2)C(C)C)cc1. The first-order valence-corrected chi connectivity index (χ1v) is 9.13. The van der Waals surface area contributed by atoms with Gasteiger partial charge in [0.15, 0.2) is 0 Å². The van der Waals surface area contributed by atoms with E-state index in [1.54, 1.807) is 0 Å². The molecule has 25 heavy (non-hydrogen) atoms. The van der Waals surface area contributed by atoms with Crippen LogP contribution in [-0.4, -0.2) is 9.97 Å². The molecule has 0 radical (unpaired) electrons. The molecule has 2 aromatic carbocycles. The zero-order valence-corrected chi connectivity index (χ0v) is 15.6. The summed E-state index contributed by atoms with van der Waals surface area (Å²) in [4.78, 5) is 9.39. The van der Waals surface area contributed by atoms with Gasteiger partial charge in [-0.25, -0.2) is 9.97 Å². The first-order valence-electron chi connectivity index (χ1n) is 9.13. The lowest BCUT2D eigenvalue weighted by molar-refractivity contribution is 0.406. The fraction of sp³-hybridized carbons (Fsp3) is 0.364. The van der Waals surface area contributed by atoms with Gasteiger partial charge >= 0.3 is 0 Å². The summed E-state index contributed by atoms with van der Waals surface area (Å²) in [7, 11) is 0. The number of hydrogen-bond donors (Lipinski definition) is 1. The first kappa shape index (κ1) is 17.6. The van der Waals surface area contributed by atoms with Crippen LogP contribution in [0.1, 0.15) is 49.5 Å². The molecule has 3 aromatic rings. The van der Waals surface area contributed by atoms with Crippen molar-refractivity contribution in [3.05, 3.63) is 71.2 Å². The van der Waals surface area contributed by atoms with E-state index in [4.69, 9.17) is 4.98 Å². The number of hydrogen-bond acceptors (Lipinski definition) is 3. The smallest absolute Gasteiger partial charge is 0.143 e. The Morgan fingerprint density at radius 1 is 0.960 bits per heavy atom. The van der Waals surface area contributed by atoms with Gasteiger partial charge in [0.1, 0.15) is 5.82 Å². The molecule has 130 valence electrons. The molecule has 1 unspecified atom stereocenters. The third kappa shape index (κ3) is 4.05. The van der Waals surface area contributed by atoms with Crippen molar-refractivity contribution in [2.75, 3.05) is 0 Å². The Kier molecular flexibility index (Phi) is 5.44. The van der Waals surface area contributed by atoms with Crippen LogP contribution in [0.15, 0.2) is 48.5 Å². The zero-order valence-electron chi connectivity index (χ0n) is 15.6. The van der Waals surface area contributed by atoms with E-state index in [0.717, 1.165) is 28.8 Å². The van der Waals surface area contributed by atoms with E-state index >= 15 is 0 Å². The van der Waals surface area contributed by atoms with Gasteiger partial charge in [0.05, 0.1) is 12.1 Å². The molecule has 0 spiro atoms. The summed E-state index contributed by atoms with van der Waals surface area (Å²) in [5, 5.41) is 4.78. The fourth-order valence-corrected chi connectivity index (χ4v) is 3.27. The maximum atomic E-state index is 4.71. The van der Waals surface area contributed by atoms with Gasteiger partial charge < -0.3 is 5.32 Å². The molecule has 0 aliphatic rings. The van der Waals surface area contributed by atoms with E-state index in [9.17, 15) is 0 Å². The van der Waals surface area contributed by atoms with Crippen LogP contribution in [0.5, 0.6) is 0 Å². The van der Waals surface area contributed by atoms with E-state index in [1.165, 1.54) is 11.1 Å². The lowest BCUT2D eigenvalue weighted by atomic mass is 9.95. The highest BCUT2D eigenvalue weighted by molar-refractivity contribution is 5.80. The highest BCUT2D eigenvalue weighted by Gasteiger charge is 2.16. The van der Waals surface area contributed by atoms with Crippen LogP contribution in [0, 0.1) is 12.8 Å². The Hall–Kier alpha value is -2.26. The molecule has 0 bridgehead atoms. The molecule has 1 atom stereocenters. The highest BCUT2D eigenvalue weighted by atomic mass is 15.0. The monoisotopic (exact) mass is 333 g/mol. The average molecular weight is 333 g/mol. The van der Waals surface area contributed by atoms with E-state index < -0.39 is 0 Å². The number of benzene rings is 2. The van der Waals surface area contributed by atoms with Crippen molar-refractivity contribution in [1.29, 1.82) is 0 Å². The molecule has 1 heterocycles. The Morgan fingerprint density at radius 2 is 1.68 bits per heavy atom. The molecule has 1 aromatic heterocycles. The van der Waals surface area contributed by atoms with Gasteiger partial charge in [0.25, 0.3) is 0 Å². The summed E-state index contributed by atoms with van der Waals surface area (Å²) < 4.78 is 0. The minimum Gasteiger partial charge on any atom is -0.303 e.